The first-order valence-corrected chi connectivity index (χ1v) is 5.40. The number of nitrogens with two attached hydrogens (primary N) is 1. The molecular formula is C11H13N5. The fraction of sp³-hybridized carbons (Fsp3) is 0.364. The molecule has 1 aliphatic carbocycles. The summed E-state index contributed by atoms with van der Waals surface area (Å²) in [6.07, 6.45) is 2.33. The van der Waals surface area contributed by atoms with Gasteiger partial charge >= 0.3 is 0 Å². The van der Waals surface area contributed by atoms with Crippen LogP contribution in [-0.4, -0.2) is 20.2 Å². The number of aromatic nitrogens is 4. The highest BCUT2D eigenvalue weighted by molar-refractivity contribution is 5.61. The third-order valence-electron chi connectivity index (χ3n) is 2.83. The summed E-state index contributed by atoms with van der Waals surface area (Å²) in [5, 5.41) is 12.5. The fourth-order valence-corrected chi connectivity index (χ4v) is 1.62. The Labute approximate surface area is 93.3 Å². The highest BCUT2D eigenvalue weighted by atomic mass is 15.6. The molecule has 16 heavy (non-hydrogen) atoms. The smallest absolute Gasteiger partial charge is 0.204 e. The molecular weight excluding hydrogens is 202 g/mol. The van der Waals surface area contributed by atoms with Crippen LogP contribution in [0, 0.1) is 6.92 Å². The minimum absolute atomic E-state index is 0.469. The van der Waals surface area contributed by atoms with Gasteiger partial charge in [0.1, 0.15) is 0 Å². The van der Waals surface area contributed by atoms with Gasteiger partial charge in [0.25, 0.3) is 0 Å². The van der Waals surface area contributed by atoms with Crippen molar-refractivity contribution in [1.82, 2.24) is 20.2 Å². The van der Waals surface area contributed by atoms with Crippen LogP contribution in [0.2, 0.25) is 0 Å². The molecule has 2 aromatic rings. The number of anilines is 1. The Balaban J connectivity index is 1.97. The summed E-state index contributed by atoms with van der Waals surface area (Å²) in [6, 6.07) is 6.26. The Kier molecular flexibility index (Phi) is 1.92. The molecule has 0 unspecified atom stereocenters. The molecule has 1 fully saturated rings. The van der Waals surface area contributed by atoms with E-state index in [1.54, 1.807) is 4.80 Å². The van der Waals surface area contributed by atoms with Gasteiger partial charge in [0.05, 0.1) is 6.04 Å². The van der Waals surface area contributed by atoms with Gasteiger partial charge < -0.3 is 5.73 Å². The zero-order chi connectivity index (χ0) is 11.1. The number of nitrogen functional groups attached to an aromatic ring is 1. The SMILES string of the molecule is Cc1cc(-c2nnn(C3CC3)n2)ccc1N. The number of rotatable bonds is 2. The number of aryl methyl sites for hydroxylation is 1. The lowest BCUT2D eigenvalue weighted by Crippen LogP contribution is -1.98. The monoisotopic (exact) mass is 215 g/mol. The minimum atomic E-state index is 0.469. The van der Waals surface area contributed by atoms with Crippen molar-refractivity contribution in [2.24, 2.45) is 0 Å². The molecule has 5 heteroatoms. The predicted molar refractivity (Wildman–Crippen MR) is 60.7 cm³/mol. The Bertz CT molecular complexity index is 527. The van der Waals surface area contributed by atoms with Gasteiger partial charge in [-0.25, -0.2) is 0 Å². The van der Waals surface area contributed by atoms with Gasteiger partial charge in [0.2, 0.25) is 5.82 Å². The van der Waals surface area contributed by atoms with Crippen molar-refractivity contribution in [2.45, 2.75) is 25.8 Å². The van der Waals surface area contributed by atoms with Crippen LogP contribution in [-0.2, 0) is 0 Å². The van der Waals surface area contributed by atoms with Gasteiger partial charge in [-0.3, -0.25) is 0 Å². The second-order valence-corrected chi connectivity index (χ2v) is 4.24. The van der Waals surface area contributed by atoms with Crippen molar-refractivity contribution in [1.29, 1.82) is 0 Å². The lowest BCUT2D eigenvalue weighted by molar-refractivity contribution is 0.537. The molecule has 2 N–H and O–H groups in total. The van der Waals surface area contributed by atoms with Crippen LogP contribution in [0.15, 0.2) is 18.2 Å². The molecule has 0 amide bonds. The maximum absolute atomic E-state index is 5.77. The lowest BCUT2D eigenvalue weighted by atomic mass is 10.1. The summed E-state index contributed by atoms with van der Waals surface area (Å²) in [4.78, 5) is 1.71. The van der Waals surface area contributed by atoms with Crippen molar-refractivity contribution in [2.75, 3.05) is 5.73 Å². The molecule has 1 aromatic heterocycles. The van der Waals surface area contributed by atoms with Gasteiger partial charge in [-0.2, -0.15) is 4.80 Å². The predicted octanol–water partition coefficient (Wildman–Crippen LogP) is 1.57. The van der Waals surface area contributed by atoms with Gasteiger partial charge in [-0.15, -0.1) is 10.2 Å². The Hall–Kier alpha value is -1.91. The number of benzene rings is 1. The second-order valence-electron chi connectivity index (χ2n) is 4.24. The molecule has 1 aromatic carbocycles. The van der Waals surface area contributed by atoms with Crippen LogP contribution in [0.25, 0.3) is 11.4 Å². The third kappa shape index (κ3) is 1.54. The Morgan fingerprint density at radius 2 is 2.19 bits per heavy atom. The largest absolute Gasteiger partial charge is 0.399 e. The van der Waals surface area contributed by atoms with E-state index in [0.29, 0.717) is 11.9 Å². The quantitative estimate of drug-likeness (QED) is 0.772. The zero-order valence-corrected chi connectivity index (χ0v) is 9.09. The molecule has 5 nitrogen and oxygen atoms in total. The van der Waals surface area contributed by atoms with Crippen LogP contribution in [0.1, 0.15) is 24.4 Å². The van der Waals surface area contributed by atoms with E-state index in [1.807, 2.05) is 25.1 Å². The van der Waals surface area contributed by atoms with Crippen molar-refractivity contribution < 1.29 is 0 Å². The summed E-state index contributed by atoms with van der Waals surface area (Å²) >= 11 is 0. The van der Waals surface area contributed by atoms with E-state index in [4.69, 9.17) is 5.73 Å². The van der Waals surface area contributed by atoms with Crippen LogP contribution in [0.5, 0.6) is 0 Å². The van der Waals surface area contributed by atoms with Gasteiger partial charge in [-0.05, 0) is 48.7 Å². The normalized spacial score (nSPS) is 15.3. The molecule has 0 radical (unpaired) electrons. The highest BCUT2D eigenvalue weighted by Crippen LogP contribution is 2.33. The average molecular weight is 215 g/mol. The number of hydrogen-bond acceptors (Lipinski definition) is 4. The third-order valence-corrected chi connectivity index (χ3v) is 2.83. The first-order chi connectivity index (χ1) is 7.74. The van der Waals surface area contributed by atoms with E-state index < -0.39 is 0 Å². The van der Waals surface area contributed by atoms with Crippen molar-refractivity contribution in [3.05, 3.63) is 23.8 Å². The zero-order valence-electron chi connectivity index (χ0n) is 9.09. The molecule has 3 rings (SSSR count). The van der Waals surface area contributed by atoms with Crippen LogP contribution in [0.3, 0.4) is 0 Å². The summed E-state index contributed by atoms with van der Waals surface area (Å²) < 4.78 is 0. The molecule has 1 heterocycles. The standard InChI is InChI=1S/C11H13N5/c1-7-6-8(2-5-10(7)12)11-13-15-16(14-11)9-3-4-9/h2,5-6,9H,3-4,12H2,1H3. The molecule has 82 valence electrons. The second kappa shape index (κ2) is 3.30. The minimum Gasteiger partial charge on any atom is -0.399 e. The molecule has 0 aliphatic heterocycles. The lowest BCUT2D eigenvalue weighted by Gasteiger charge is -2.00. The van der Waals surface area contributed by atoms with Gasteiger partial charge in [-0.1, -0.05) is 0 Å². The van der Waals surface area contributed by atoms with E-state index in [0.717, 1.165) is 29.7 Å². The van der Waals surface area contributed by atoms with E-state index in [9.17, 15) is 0 Å². The summed E-state index contributed by atoms with van der Waals surface area (Å²) in [7, 11) is 0. The van der Waals surface area contributed by atoms with E-state index in [2.05, 4.69) is 15.4 Å². The van der Waals surface area contributed by atoms with Crippen molar-refractivity contribution >= 4 is 5.69 Å². The number of tetrazole rings is 1. The summed E-state index contributed by atoms with van der Waals surface area (Å²) in [5.74, 6) is 0.676. The number of nitrogens with zero attached hydrogens (tertiary/aromatic N) is 4. The van der Waals surface area contributed by atoms with Gasteiger partial charge in [0, 0.05) is 11.3 Å². The van der Waals surface area contributed by atoms with Crippen LogP contribution < -0.4 is 5.73 Å². The first kappa shape index (κ1) is 9.33. The maximum atomic E-state index is 5.77. The first-order valence-electron chi connectivity index (χ1n) is 5.40. The van der Waals surface area contributed by atoms with Crippen LogP contribution in [0.4, 0.5) is 5.69 Å². The van der Waals surface area contributed by atoms with E-state index in [1.165, 1.54) is 0 Å². The molecule has 1 aliphatic rings. The van der Waals surface area contributed by atoms with Crippen LogP contribution >= 0.6 is 0 Å². The molecule has 0 atom stereocenters. The summed E-state index contributed by atoms with van der Waals surface area (Å²) in [6.45, 7) is 1.98. The molecule has 1 saturated carbocycles. The molecule has 0 bridgehead atoms. The van der Waals surface area contributed by atoms with Crippen molar-refractivity contribution in [3.8, 4) is 11.4 Å². The van der Waals surface area contributed by atoms with E-state index >= 15 is 0 Å². The van der Waals surface area contributed by atoms with Gasteiger partial charge in [0.15, 0.2) is 0 Å². The topological polar surface area (TPSA) is 69.6 Å². The maximum Gasteiger partial charge on any atom is 0.204 e. The average Bonchev–Trinajstić information content (AvgIpc) is 3.01. The highest BCUT2D eigenvalue weighted by Gasteiger charge is 2.26. The molecule has 0 saturated heterocycles. The van der Waals surface area contributed by atoms with E-state index in [-0.39, 0.29) is 0 Å². The summed E-state index contributed by atoms with van der Waals surface area (Å²) in [5.41, 5.74) is 8.57. The van der Waals surface area contributed by atoms with Crippen molar-refractivity contribution in [3.63, 3.8) is 0 Å². The Morgan fingerprint density at radius 3 is 2.88 bits per heavy atom. The number of hydrogen-bond donors (Lipinski definition) is 1. The molecule has 0 spiro atoms. The Morgan fingerprint density at radius 1 is 1.38 bits per heavy atom. The fourth-order valence-electron chi connectivity index (χ4n) is 1.62.